The van der Waals surface area contributed by atoms with Crippen LogP contribution in [-0.2, 0) is 0 Å². The number of fused-ring (bicyclic) bond motifs is 1. The summed E-state index contributed by atoms with van der Waals surface area (Å²) < 4.78 is 1.75. The van der Waals surface area contributed by atoms with Gasteiger partial charge in [0.2, 0.25) is 0 Å². The lowest BCUT2D eigenvalue weighted by molar-refractivity contribution is 0.112. The van der Waals surface area contributed by atoms with Crippen LogP contribution in [0.1, 0.15) is 35.8 Å². The van der Waals surface area contributed by atoms with Crippen molar-refractivity contribution in [3.05, 3.63) is 35.7 Å². The van der Waals surface area contributed by atoms with Crippen LogP contribution in [0, 0.1) is 0 Å². The first kappa shape index (κ1) is 8.94. The molecule has 2 aromatic rings. The number of aromatic nitrogens is 2. The third kappa shape index (κ3) is 1.41. The van der Waals surface area contributed by atoms with Crippen molar-refractivity contribution in [3.8, 4) is 0 Å². The molecule has 72 valence electrons. The number of aldehydes is 1. The highest BCUT2D eigenvalue weighted by molar-refractivity contribution is 5.75. The Hall–Kier alpha value is -1.64. The van der Waals surface area contributed by atoms with Gasteiger partial charge in [0.25, 0.3) is 0 Å². The number of hydrogen-bond acceptors (Lipinski definition) is 2. The van der Waals surface area contributed by atoms with Crippen LogP contribution in [0.15, 0.2) is 24.4 Å². The molecule has 2 rings (SSSR count). The maximum Gasteiger partial charge on any atom is 0.151 e. The molecule has 0 aliphatic rings. The smallest absolute Gasteiger partial charge is 0.151 e. The second kappa shape index (κ2) is 3.25. The lowest BCUT2D eigenvalue weighted by Gasteiger charge is -1.95. The average Bonchev–Trinajstić information content (AvgIpc) is 2.59. The molecule has 0 bridgehead atoms. The lowest BCUT2D eigenvalue weighted by Crippen LogP contribution is -1.92. The van der Waals surface area contributed by atoms with Crippen LogP contribution in [-0.4, -0.2) is 15.9 Å². The molecule has 0 saturated carbocycles. The molecule has 3 nitrogen and oxygen atoms in total. The fourth-order valence-electron chi connectivity index (χ4n) is 1.37. The van der Waals surface area contributed by atoms with Crippen LogP contribution >= 0.6 is 0 Å². The maximum absolute atomic E-state index is 10.5. The van der Waals surface area contributed by atoms with Gasteiger partial charge in [-0.15, -0.1) is 0 Å². The van der Waals surface area contributed by atoms with Crippen LogP contribution in [0.3, 0.4) is 0 Å². The van der Waals surface area contributed by atoms with E-state index >= 15 is 0 Å². The Balaban J connectivity index is 2.59. The van der Waals surface area contributed by atoms with Gasteiger partial charge in [-0.05, 0) is 24.1 Å². The minimum Gasteiger partial charge on any atom is -0.298 e. The molecule has 0 saturated heterocycles. The molecular weight excluding hydrogens is 176 g/mol. The second-order valence-corrected chi connectivity index (χ2v) is 3.67. The van der Waals surface area contributed by atoms with Crippen molar-refractivity contribution in [1.82, 2.24) is 9.61 Å². The van der Waals surface area contributed by atoms with Crippen LogP contribution < -0.4 is 0 Å². The van der Waals surface area contributed by atoms with E-state index in [2.05, 4.69) is 18.9 Å². The van der Waals surface area contributed by atoms with Gasteiger partial charge in [0.1, 0.15) is 0 Å². The lowest BCUT2D eigenvalue weighted by atomic mass is 10.1. The molecule has 2 heterocycles. The van der Waals surface area contributed by atoms with E-state index in [9.17, 15) is 4.79 Å². The van der Waals surface area contributed by atoms with Gasteiger partial charge in [-0.2, -0.15) is 5.10 Å². The molecule has 14 heavy (non-hydrogen) atoms. The van der Waals surface area contributed by atoms with E-state index in [-0.39, 0.29) is 0 Å². The summed E-state index contributed by atoms with van der Waals surface area (Å²) in [5.74, 6) is 0.412. The summed E-state index contributed by atoms with van der Waals surface area (Å²) in [6.07, 6.45) is 2.57. The van der Waals surface area contributed by atoms with Gasteiger partial charge >= 0.3 is 0 Å². The Morgan fingerprint density at radius 2 is 2.21 bits per heavy atom. The molecule has 0 atom stereocenters. The summed E-state index contributed by atoms with van der Waals surface area (Å²) in [6, 6.07) is 5.75. The number of carbonyl (C=O) groups is 1. The van der Waals surface area contributed by atoms with E-state index in [0.29, 0.717) is 11.5 Å². The van der Waals surface area contributed by atoms with Crippen molar-refractivity contribution < 1.29 is 4.79 Å². The minimum absolute atomic E-state index is 0.412. The highest BCUT2D eigenvalue weighted by Gasteiger charge is 2.05. The van der Waals surface area contributed by atoms with Crippen LogP contribution in [0.2, 0.25) is 0 Å². The van der Waals surface area contributed by atoms with Crippen molar-refractivity contribution >= 4 is 11.8 Å². The number of hydrogen-bond donors (Lipinski definition) is 0. The third-order valence-corrected chi connectivity index (χ3v) is 2.23. The topological polar surface area (TPSA) is 34.4 Å². The summed E-state index contributed by atoms with van der Waals surface area (Å²) >= 11 is 0. The third-order valence-electron chi connectivity index (χ3n) is 2.23. The standard InChI is InChI=1S/C11H12N2O/c1-8(2)11-5-10-4-3-9(7-14)6-13(10)12-11/h3-8H,1-2H3. The van der Waals surface area contributed by atoms with E-state index in [0.717, 1.165) is 17.5 Å². The predicted octanol–water partition coefficient (Wildman–Crippen LogP) is 2.27. The van der Waals surface area contributed by atoms with Crippen LogP contribution in [0.5, 0.6) is 0 Å². The van der Waals surface area contributed by atoms with E-state index in [1.165, 1.54) is 0 Å². The van der Waals surface area contributed by atoms with E-state index in [1.807, 2.05) is 12.1 Å². The maximum atomic E-state index is 10.5. The summed E-state index contributed by atoms with van der Waals surface area (Å²) in [5.41, 5.74) is 2.73. The fourth-order valence-corrected chi connectivity index (χ4v) is 1.37. The van der Waals surface area contributed by atoms with Crippen LogP contribution in [0.4, 0.5) is 0 Å². The molecule has 0 fully saturated rings. The summed E-state index contributed by atoms with van der Waals surface area (Å²) in [6.45, 7) is 4.20. The zero-order valence-corrected chi connectivity index (χ0v) is 8.27. The van der Waals surface area contributed by atoms with E-state index < -0.39 is 0 Å². The fraction of sp³-hybridized carbons (Fsp3) is 0.273. The highest BCUT2D eigenvalue weighted by atomic mass is 16.1. The van der Waals surface area contributed by atoms with Crippen molar-refractivity contribution in [2.45, 2.75) is 19.8 Å². The molecule has 0 radical (unpaired) electrons. The molecular formula is C11H12N2O. The van der Waals surface area contributed by atoms with Gasteiger partial charge < -0.3 is 0 Å². The van der Waals surface area contributed by atoms with Crippen molar-refractivity contribution in [2.24, 2.45) is 0 Å². The summed E-state index contributed by atoms with van der Waals surface area (Å²) in [4.78, 5) is 10.5. The van der Waals surface area contributed by atoms with Gasteiger partial charge in [0.15, 0.2) is 6.29 Å². The molecule has 0 N–H and O–H groups in total. The molecule has 2 aromatic heterocycles. The quantitative estimate of drug-likeness (QED) is 0.677. The highest BCUT2D eigenvalue weighted by Crippen LogP contribution is 2.15. The predicted molar refractivity (Wildman–Crippen MR) is 54.7 cm³/mol. The van der Waals surface area contributed by atoms with Crippen molar-refractivity contribution in [2.75, 3.05) is 0 Å². The van der Waals surface area contributed by atoms with Gasteiger partial charge in [-0.3, -0.25) is 4.79 Å². The molecule has 0 amide bonds. The first-order valence-corrected chi connectivity index (χ1v) is 4.65. The largest absolute Gasteiger partial charge is 0.298 e. The Labute approximate surface area is 82.4 Å². The first-order valence-electron chi connectivity index (χ1n) is 4.65. The van der Waals surface area contributed by atoms with E-state index in [4.69, 9.17) is 0 Å². The molecule has 0 aliphatic heterocycles. The van der Waals surface area contributed by atoms with Crippen molar-refractivity contribution in [1.29, 1.82) is 0 Å². The summed E-state index contributed by atoms with van der Waals surface area (Å²) in [5, 5.41) is 4.38. The molecule has 0 unspecified atom stereocenters. The first-order chi connectivity index (χ1) is 6.70. The zero-order valence-electron chi connectivity index (χ0n) is 8.27. The second-order valence-electron chi connectivity index (χ2n) is 3.67. The number of carbonyl (C=O) groups excluding carboxylic acids is 1. The van der Waals surface area contributed by atoms with Gasteiger partial charge in [-0.1, -0.05) is 13.8 Å². The molecule has 0 aliphatic carbocycles. The minimum atomic E-state index is 0.412. The Kier molecular flexibility index (Phi) is 2.08. The Bertz CT molecular complexity index is 471. The van der Waals surface area contributed by atoms with E-state index in [1.54, 1.807) is 16.8 Å². The van der Waals surface area contributed by atoms with Gasteiger partial charge in [0.05, 0.1) is 11.2 Å². The van der Waals surface area contributed by atoms with Crippen molar-refractivity contribution in [3.63, 3.8) is 0 Å². The zero-order chi connectivity index (χ0) is 10.1. The molecule has 3 heteroatoms. The monoisotopic (exact) mass is 188 g/mol. The van der Waals surface area contributed by atoms with Gasteiger partial charge in [0, 0.05) is 11.8 Å². The van der Waals surface area contributed by atoms with Crippen LogP contribution in [0.25, 0.3) is 5.52 Å². The molecule has 0 spiro atoms. The Morgan fingerprint density at radius 1 is 1.43 bits per heavy atom. The number of pyridine rings is 1. The molecule has 0 aromatic carbocycles. The Morgan fingerprint density at radius 3 is 2.86 bits per heavy atom. The average molecular weight is 188 g/mol. The number of nitrogens with zero attached hydrogens (tertiary/aromatic N) is 2. The summed E-state index contributed by atoms with van der Waals surface area (Å²) in [7, 11) is 0. The van der Waals surface area contributed by atoms with Gasteiger partial charge in [-0.25, -0.2) is 4.52 Å². The normalized spacial score (nSPS) is 11.1. The SMILES string of the molecule is CC(C)c1cc2ccc(C=O)cn2n1. The number of rotatable bonds is 2.